The minimum atomic E-state index is -1.67. The lowest BCUT2D eigenvalue weighted by atomic mass is 10.1. The molecule has 188 valence electrons. The minimum absolute atomic E-state index is 0.238. The normalized spacial score (nSPS) is 12.6. The van der Waals surface area contributed by atoms with Crippen molar-refractivity contribution in [2.45, 2.75) is 84.4 Å². The molecule has 0 aromatic carbocycles. The molecular weight excluding hydrogens is 412 g/mol. The highest BCUT2D eigenvalue weighted by Gasteiger charge is 2.36. The van der Waals surface area contributed by atoms with Gasteiger partial charge in [0, 0.05) is 6.61 Å². The van der Waals surface area contributed by atoms with Gasteiger partial charge in [-0.1, -0.05) is 59.8 Å². The first-order valence-corrected chi connectivity index (χ1v) is 15.2. The van der Waals surface area contributed by atoms with Crippen molar-refractivity contribution in [1.29, 1.82) is 0 Å². The van der Waals surface area contributed by atoms with E-state index in [2.05, 4.69) is 40.8 Å². The summed E-state index contributed by atoms with van der Waals surface area (Å²) in [6.45, 7) is 20.4. The molecule has 0 spiro atoms. The highest BCUT2D eigenvalue weighted by Crippen LogP contribution is 2.36. The van der Waals surface area contributed by atoms with Crippen LogP contribution in [-0.2, 0) is 28.1 Å². The molecule has 0 unspecified atom stereocenters. The van der Waals surface area contributed by atoms with Crippen molar-refractivity contribution >= 4 is 8.32 Å². The molecule has 0 bridgehead atoms. The lowest BCUT2D eigenvalue weighted by molar-refractivity contribution is -0.0131. The molecule has 0 saturated carbocycles. The Morgan fingerprint density at radius 1 is 0.484 bits per heavy atom. The van der Waals surface area contributed by atoms with Gasteiger partial charge >= 0.3 is 0 Å². The van der Waals surface area contributed by atoms with Gasteiger partial charge < -0.3 is 28.1 Å². The second-order valence-electron chi connectivity index (χ2n) is 9.44. The van der Waals surface area contributed by atoms with Crippen LogP contribution in [0.15, 0.2) is 0 Å². The first-order valence-electron chi connectivity index (χ1n) is 12.3. The molecule has 0 aliphatic carbocycles. The summed E-state index contributed by atoms with van der Waals surface area (Å²) < 4.78 is 33.7. The quantitative estimate of drug-likeness (QED) is 0.148. The summed E-state index contributed by atoms with van der Waals surface area (Å²) in [6.07, 6.45) is 7.76. The third kappa shape index (κ3) is 20.3. The van der Waals surface area contributed by atoms with E-state index in [4.69, 9.17) is 28.1 Å². The molecule has 31 heavy (non-hydrogen) atoms. The Morgan fingerprint density at radius 3 is 1.26 bits per heavy atom. The van der Waals surface area contributed by atoms with E-state index in [0.29, 0.717) is 66.1 Å². The maximum atomic E-state index is 6.07. The van der Waals surface area contributed by atoms with E-state index in [0.717, 1.165) is 13.0 Å². The number of hydrogen-bond acceptors (Lipinski definition) is 6. The molecule has 0 aromatic heterocycles. The van der Waals surface area contributed by atoms with Gasteiger partial charge in [0.25, 0.3) is 0 Å². The third-order valence-electron chi connectivity index (χ3n) is 5.63. The Bertz CT molecular complexity index is 374. The Labute approximate surface area is 193 Å². The van der Waals surface area contributed by atoms with Crippen molar-refractivity contribution in [2.24, 2.45) is 0 Å². The predicted octanol–water partition coefficient (Wildman–Crippen LogP) is 5.45. The van der Waals surface area contributed by atoms with Crippen molar-refractivity contribution in [3.63, 3.8) is 0 Å². The third-order valence-corrected chi connectivity index (χ3v) is 10.2. The maximum Gasteiger partial charge on any atom is 0.192 e. The predicted molar refractivity (Wildman–Crippen MR) is 131 cm³/mol. The van der Waals surface area contributed by atoms with Gasteiger partial charge in [-0.3, -0.25) is 0 Å². The molecular formula is C24H52O6Si. The summed E-state index contributed by atoms with van der Waals surface area (Å²) in [5.41, 5.74) is 0. The van der Waals surface area contributed by atoms with Crippen molar-refractivity contribution in [1.82, 2.24) is 0 Å². The average molecular weight is 465 g/mol. The van der Waals surface area contributed by atoms with Crippen LogP contribution in [0.3, 0.4) is 0 Å². The second kappa shape index (κ2) is 20.6. The Hall–Kier alpha value is -0.0231. The molecule has 0 atom stereocenters. The summed E-state index contributed by atoms with van der Waals surface area (Å²) in [5.74, 6) is 0. The first kappa shape index (κ1) is 31.0. The van der Waals surface area contributed by atoms with Crippen molar-refractivity contribution in [3.8, 4) is 0 Å². The molecule has 0 fully saturated rings. The van der Waals surface area contributed by atoms with Crippen molar-refractivity contribution in [2.75, 3.05) is 72.7 Å². The van der Waals surface area contributed by atoms with Crippen LogP contribution in [0.5, 0.6) is 0 Å². The zero-order valence-electron chi connectivity index (χ0n) is 21.5. The molecule has 0 aliphatic rings. The van der Waals surface area contributed by atoms with Gasteiger partial charge in [-0.05, 0) is 24.6 Å². The highest BCUT2D eigenvalue weighted by atomic mass is 28.4. The molecule has 0 N–H and O–H groups in total. The molecule has 0 radical (unpaired) electrons. The number of unbranched alkanes of at least 4 members (excludes halogenated alkanes) is 5. The molecule has 0 amide bonds. The summed E-state index contributed by atoms with van der Waals surface area (Å²) in [7, 11) is -1.67. The van der Waals surface area contributed by atoms with Crippen LogP contribution in [0.25, 0.3) is 0 Å². The summed E-state index contributed by atoms with van der Waals surface area (Å²) in [4.78, 5) is 0. The van der Waals surface area contributed by atoms with Crippen molar-refractivity contribution in [3.05, 3.63) is 0 Å². The molecule has 0 aromatic rings. The SMILES string of the molecule is CCCCCCCCOCCOCCOCCOCCOCCO[Si](C)(C)C(C)(C)C. The zero-order valence-corrected chi connectivity index (χ0v) is 22.5. The first-order chi connectivity index (χ1) is 14.8. The Kier molecular flexibility index (Phi) is 20.6. The molecule has 6 nitrogen and oxygen atoms in total. The number of rotatable bonds is 23. The summed E-state index contributed by atoms with van der Waals surface area (Å²) in [6, 6.07) is 0. The van der Waals surface area contributed by atoms with E-state index < -0.39 is 8.32 Å². The molecule has 0 aliphatic heterocycles. The van der Waals surface area contributed by atoms with E-state index in [-0.39, 0.29) is 5.04 Å². The van der Waals surface area contributed by atoms with E-state index in [1.165, 1.54) is 32.1 Å². The standard InChI is InChI=1S/C24H52O6Si/c1-7-8-9-10-11-12-13-25-14-15-26-16-17-27-18-19-28-20-21-29-22-23-30-31(5,6)24(2,3)4/h7-23H2,1-6H3. The zero-order chi connectivity index (χ0) is 23.3. The van der Waals surface area contributed by atoms with Gasteiger partial charge in [-0.2, -0.15) is 0 Å². The van der Waals surface area contributed by atoms with Crippen LogP contribution in [0.2, 0.25) is 18.1 Å². The Balaban J connectivity index is 3.16. The van der Waals surface area contributed by atoms with Crippen molar-refractivity contribution < 1.29 is 28.1 Å². The second-order valence-corrected chi connectivity index (χ2v) is 14.2. The van der Waals surface area contributed by atoms with Crippen LogP contribution in [0, 0.1) is 0 Å². The van der Waals surface area contributed by atoms with E-state index in [1.54, 1.807) is 0 Å². The van der Waals surface area contributed by atoms with Gasteiger partial charge in [0.05, 0.1) is 66.1 Å². The van der Waals surface area contributed by atoms with Gasteiger partial charge in [-0.15, -0.1) is 0 Å². The van der Waals surface area contributed by atoms with E-state index in [1.807, 2.05) is 0 Å². The lowest BCUT2D eigenvalue weighted by Gasteiger charge is -2.36. The molecule has 0 heterocycles. The largest absolute Gasteiger partial charge is 0.414 e. The topological polar surface area (TPSA) is 55.4 Å². The van der Waals surface area contributed by atoms with Crippen LogP contribution in [-0.4, -0.2) is 81.0 Å². The fourth-order valence-corrected chi connectivity index (χ4v) is 3.57. The minimum Gasteiger partial charge on any atom is -0.414 e. The summed E-state index contributed by atoms with van der Waals surface area (Å²) >= 11 is 0. The smallest absolute Gasteiger partial charge is 0.192 e. The maximum absolute atomic E-state index is 6.07. The molecule has 0 saturated heterocycles. The fourth-order valence-electron chi connectivity index (χ4n) is 2.54. The fraction of sp³-hybridized carbons (Fsp3) is 1.00. The average Bonchev–Trinajstić information content (AvgIpc) is 2.71. The summed E-state index contributed by atoms with van der Waals surface area (Å²) in [5, 5.41) is 0.238. The van der Waals surface area contributed by atoms with Crippen LogP contribution >= 0.6 is 0 Å². The molecule has 7 heteroatoms. The molecule has 0 rings (SSSR count). The van der Waals surface area contributed by atoms with E-state index in [9.17, 15) is 0 Å². The highest BCUT2D eigenvalue weighted by molar-refractivity contribution is 6.74. The van der Waals surface area contributed by atoms with Gasteiger partial charge in [-0.25, -0.2) is 0 Å². The monoisotopic (exact) mass is 464 g/mol. The number of hydrogen-bond donors (Lipinski definition) is 0. The van der Waals surface area contributed by atoms with Gasteiger partial charge in [0.1, 0.15) is 0 Å². The van der Waals surface area contributed by atoms with Crippen LogP contribution in [0.4, 0.5) is 0 Å². The van der Waals surface area contributed by atoms with Gasteiger partial charge in [0.15, 0.2) is 8.32 Å². The van der Waals surface area contributed by atoms with E-state index >= 15 is 0 Å². The van der Waals surface area contributed by atoms with Gasteiger partial charge in [0.2, 0.25) is 0 Å². The van der Waals surface area contributed by atoms with Crippen LogP contribution in [0.1, 0.15) is 66.2 Å². The number of ether oxygens (including phenoxy) is 5. The van der Waals surface area contributed by atoms with Crippen LogP contribution < -0.4 is 0 Å². The Morgan fingerprint density at radius 2 is 0.839 bits per heavy atom. The lowest BCUT2D eigenvalue weighted by Crippen LogP contribution is -2.41.